The van der Waals surface area contributed by atoms with Gasteiger partial charge in [0.2, 0.25) is 0 Å². The number of carbonyl (C=O) groups excluding carboxylic acids is 1. The molecule has 1 rings (SSSR count). The number of aliphatic hydroxyl groups is 1. The molecule has 6 nitrogen and oxygen atoms in total. The van der Waals surface area contributed by atoms with Crippen LogP contribution >= 0.6 is 0 Å². The zero-order chi connectivity index (χ0) is 15.3. The Morgan fingerprint density at radius 1 is 1.45 bits per heavy atom. The fraction of sp³-hybridized carbons (Fsp3) is 0.500. The molecule has 110 valence electrons. The third-order valence-electron chi connectivity index (χ3n) is 3.39. The maximum atomic E-state index is 12.2. The second-order valence-electron chi connectivity index (χ2n) is 5.16. The number of aryl methyl sites for hydroxylation is 1. The highest BCUT2D eigenvalue weighted by Gasteiger charge is 2.25. The number of non-ortho nitro benzene ring substituents is 1. The van der Waals surface area contributed by atoms with Gasteiger partial charge < -0.3 is 10.4 Å². The SMILES string of the molecule is CCC(C)(CCO)NC(=O)c1cc(C)cc([N+](=O)[O-])c1. The van der Waals surface area contributed by atoms with Gasteiger partial charge in [0.15, 0.2) is 0 Å². The van der Waals surface area contributed by atoms with Gasteiger partial charge in [-0.05, 0) is 38.3 Å². The summed E-state index contributed by atoms with van der Waals surface area (Å²) in [7, 11) is 0. The Kier molecular flexibility index (Phi) is 5.21. The molecule has 20 heavy (non-hydrogen) atoms. The zero-order valence-corrected chi connectivity index (χ0v) is 12.0. The van der Waals surface area contributed by atoms with Crippen molar-refractivity contribution in [3.8, 4) is 0 Å². The Labute approximate surface area is 118 Å². The maximum absolute atomic E-state index is 12.2. The maximum Gasteiger partial charge on any atom is 0.270 e. The Hall–Kier alpha value is -1.95. The van der Waals surface area contributed by atoms with E-state index < -0.39 is 10.5 Å². The van der Waals surface area contributed by atoms with Crippen molar-refractivity contribution >= 4 is 11.6 Å². The van der Waals surface area contributed by atoms with Gasteiger partial charge in [0.1, 0.15) is 0 Å². The summed E-state index contributed by atoms with van der Waals surface area (Å²) in [5.74, 6) is -0.366. The largest absolute Gasteiger partial charge is 0.396 e. The van der Waals surface area contributed by atoms with Crippen molar-refractivity contribution in [2.24, 2.45) is 0 Å². The molecule has 0 aliphatic carbocycles. The summed E-state index contributed by atoms with van der Waals surface area (Å²) in [6, 6.07) is 4.29. The Balaban J connectivity index is 3.00. The van der Waals surface area contributed by atoms with Crippen LogP contribution in [0, 0.1) is 17.0 Å². The number of rotatable bonds is 6. The van der Waals surface area contributed by atoms with Crippen LogP contribution in [0.2, 0.25) is 0 Å². The molecule has 0 saturated heterocycles. The van der Waals surface area contributed by atoms with E-state index in [2.05, 4.69) is 5.32 Å². The van der Waals surface area contributed by atoms with Crippen molar-refractivity contribution in [1.29, 1.82) is 0 Å². The van der Waals surface area contributed by atoms with Crippen LogP contribution in [0.25, 0.3) is 0 Å². The lowest BCUT2D eigenvalue weighted by atomic mass is 9.94. The summed E-state index contributed by atoms with van der Waals surface area (Å²) in [5, 5.41) is 22.7. The van der Waals surface area contributed by atoms with Gasteiger partial charge in [-0.2, -0.15) is 0 Å². The molecule has 1 unspecified atom stereocenters. The Morgan fingerprint density at radius 2 is 2.10 bits per heavy atom. The molecule has 0 bridgehead atoms. The second-order valence-corrected chi connectivity index (χ2v) is 5.16. The first-order chi connectivity index (χ1) is 9.31. The topological polar surface area (TPSA) is 92.5 Å². The predicted octanol–water partition coefficient (Wildman–Crippen LogP) is 2.18. The molecule has 0 fully saturated rings. The molecule has 0 spiro atoms. The first-order valence-electron chi connectivity index (χ1n) is 6.51. The average Bonchev–Trinajstić information content (AvgIpc) is 2.38. The van der Waals surface area contributed by atoms with Crippen LogP contribution in [-0.4, -0.2) is 28.1 Å². The normalized spacial score (nSPS) is 13.6. The monoisotopic (exact) mass is 280 g/mol. The van der Waals surface area contributed by atoms with Crippen molar-refractivity contribution in [1.82, 2.24) is 5.32 Å². The molecular weight excluding hydrogens is 260 g/mol. The van der Waals surface area contributed by atoms with E-state index in [9.17, 15) is 14.9 Å². The van der Waals surface area contributed by atoms with Gasteiger partial charge in [-0.3, -0.25) is 14.9 Å². The van der Waals surface area contributed by atoms with E-state index in [1.165, 1.54) is 12.1 Å². The fourth-order valence-electron chi connectivity index (χ4n) is 1.92. The minimum Gasteiger partial charge on any atom is -0.396 e. The van der Waals surface area contributed by atoms with Crippen molar-refractivity contribution in [3.63, 3.8) is 0 Å². The van der Waals surface area contributed by atoms with Crippen LogP contribution in [0.4, 0.5) is 5.69 Å². The van der Waals surface area contributed by atoms with Crippen LogP contribution in [-0.2, 0) is 0 Å². The molecule has 1 aromatic carbocycles. The minimum atomic E-state index is -0.523. The van der Waals surface area contributed by atoms with Gasteiger partial charge in [0.25, 0.3) is 11.6 Å². The van der Waals surface area contributed by atoms with Crippen LogP contribution in [0.5, 0.6) is 0 Å². The van der Waals surface area contributed by atoms with Crippen molar-refractivity contribution in [2.45, 2.75) is 39.2 Å². The lowest BCUT2D eigenvalue weighted by molar-refractivity contribution is -0.384. The van der Waals surface area contributed by atoms with Gasteiger partial charge in [0, 0.05) is 29.8 Å². The van der Waals surface area contributed by atoms with Gasteiger partial charge in [-0.25, -0.2) is 0 Å². The first-order valence-corrected chi connectivity index (χ1v) is 6.51. The molecule has 2 N–H and O–H groups in total. The number of nitro groups is 1. The first kappa shape index (κ1) is 16.1. The van der Waals surface area contributed by atoms with Crippen LogP contribution in [0.3, 0.4) is 0 Å². The lowest BCUT2D eigenvalue weighted by Crippen LogP contribution is -2.46. The van der Waals surface area contributed by atoms with Crippen molar-refractivity contribution in [3.05, 3.63) is 39.4 Å². The summed E-state index contributed by atoms with van der Waals surface area (Å²) in [4.78, 5) is 22.5. The minimum absolute atomic E-state index is 0.0292. The van der Waals surface area contributed by atoms with Gasteiger partial charge >= 0.3 is 0 Å². The standard InChI is InChI=1S/C14H20N2O4/c1-4-14(3,5-6-17)15-13(18)11-7-10(2)8-12(9-11)16(19)20/h7-9,17H,4-6H2,1-3H3,(H,15,18). The van der Waals surface area contributed by atoms with E-state index >= 15 is 0 Å². The predicted molar refractivity (Wildman–Crippen MR) is 75.7 cm³/mol. The van der Waals surface area contributed by atoms with Crippen LogP contribution < -0.4 is 5.32 Å². The van der Waals surface area contributed by atoms with E-state index in [1.54, 1.807) is 13.0 Å². The zero-order valence-electron chi connectivity index (χ0n) is 12.0. The smallest absolute Gasteiger partial charge is 0.270 e. The van der Waals surface area contributed by atoms with Gasteiger partial charge in [-0.1, -0.05) is 6.92 Å². The second kappa shape index (κ2) is 6.47. The Morgan fingerprint density at radius 3 is 2.60 bits per heavy atom. The molecule has 0 radical (unpaired) electrons. The Bertz CT molecular complexity index is 516. The lowest BCUT2D eigenvalue weighted by Gasteiger charge is -2.29. The molecule has 1 amide bonds. The third-order valence-corrected chi connectivity index (χ3v) is 3.39. The number of carbonyl (C=O) groups is 1. The number of nitrogens with zero attached hydrogens (tertiary/aromatic N) is 1. The summed E-state index contributed by atoms with van der Waals surface area (Å²) in [5.41, 5.74) is 0.291. The molecular formula is C14H20N2O4. The molecule has 0 aliphatic heterocycles. The highest BCUT2D eigenvalue weighted by molar-refractivity contribution is 5.95. The highest BCUT2D eigenvalue weighted by Crippen LogP contribution is 2.19. The quantitative estimate of drug-likeness (QED) is 0.617. The summed E-state index contributed by atoms with van der Waals surface area (Å²) in [6.45, 7) is 5.43. The number of aliphatic hydroxyl groups excluding tert-OH is 1. The van der Waals surface area contributed by atoms with Crippen molar-refractivity contribution < 1.29 is 14.8 Å². The summed E-state index contributed by atoms with van der Waals surface area (Å²) in [6.07, 6.45) is 1.09. The molecule has 0 saturated carbocycles. The number of nitrogens with one attached hydrogen (secondary N) is 1. The van der Waals surface area contributed by atoms with E-state index in [0.29, 0.717) is 18.4 Å². The number of hydrogen-bond donors (Lipinski definition) is 2. The number of nitro benzene ring substituents is 1. The van der Waals surface area contributed by atoms with Gasteiger partial charge in [-0.15, -0.1) is 0 Å². The molecule has 6 heteroatoms. The summed E-state index contributed by atoms with van der Waals surface area (Å²) < 4.78 is 0. The summed E-state index contributed by atoms with van der Waals surface area (Å²) >= 11 is 0. The number of hydrogen-bond acceptors (Lipinski definition) is 4. The van der Waals surface area contributed by atoms with Crippen LogP contribution in [0.1, 0.15) is 42.6 Å². The molecule has 1 atom stereocenters. The third kappa shape index (κ3) is 4.03. The number of benzene rings is 1. The van der Waals surface area contributed by atoms with E-state index in [4.69, 9.17) is 5.11 Å². The van der Waals surface area contributed by atoms with E-state index in [-0.39, 0.29) is 23.8 Å². The fourth-order valence-corrected chi connectivity index (χ4v) is 1.92. The number of amides is 1. The molecule has 0 aromatic heterocycles. The molecule has 1 aromatic rings. The van der Waals surface area contributed by atoms with E-state index in [0.717, 1.165) is 0 Å². The molecule has 0 heterocycles. The van der Waals surface area contributed by atoms with Crippen molar-refractivity contribution in [2.75, 3.05) is 6.61 Å². The highest BCUT2D eigenvalue weighted by atomic mass is 16.6. The molecule has 0 aliphatic rings. The van der Waals surface area contributed by atoms with Gasteiger partial charge in [0.05, 0.1) is 4.92 Å². The van der Waals surface area contributed by atoms with E-state index in [1.807, 2.05) is 13.8 Å². The average molecular weight is 280 g/mol. The van der Waals surface area contributed by atoms with Crippen LogP contribution in [0.15, 0.2) is 18.2 Å².